The Bertz CT molecular complexity index is 1200. The molecule has 0 radical (unpaired) electrons. The Morgan fingerprint density at radius 3 is 2.50 bits per heavy atom. The molecule has 188 valence electrons. The first-order valence-corrected chi connectivity index (χ1v) is 12.3. The van der Waals surface area contributed by atoms with Gasteiger partial charge in [-0.2, -0.15) is 0 Å². The predicted octanol–water partition coefficient (Wildman–Crippen LogP) is 4.25. The molecule has 1 N–H and O–H groups in total. The van der Waals surface area contributed by atoms with Crippen LogP contribution in [0.4, 0.5) is 10.1 Å². The number of carbonyl (C=O) groups excluding carboxylic acids is 1. The van der Waals surface area contributed by atoms with Crippen molar-refractivity contribution in [2.24, 2.45) is 0 Å². The molecule has 0 aromatic heterocycles. The lowest BCUT2D eigenvalue weighted by Gasteiger charge is -2.40. The summed E-state index contributed by atoms with van der Waals surface area (Å²) in [6.07, 6.45) is 0. The van der Waals surface area contributed by atoms with E-state index in [1.54, 1.807) is 30.3 Å². The molecule has 1 atom stereocenters. The van der Waals surface area contributed by atoms with E-state index in [-0.39, 0.29) is 24.6 Å². The number of hydrogen-bond acceptors (Lipinski definition) is 6. The Morgan fingerprint density at radius 1 is 1.00 bits per heavy atom. The zero-order valence-electron chi connectivity index (χ0n) is 20.3. The molecule has 0 aliphatic carbocycles. The van der Waals surface area contributed by atoms with E-state index in [4.69, 9.17) is 14.2 Å². The number of anilines is 1. The van der Waals surface area contributed by atoms with Crippen molar-refractivity contribution in [1.29, 1.82) is 0 Å². The first-order valence-electron chi connectivity index (χ1n) is 12.3. The second kappa shape index (κ2) is 10.9. The molecular weight excluding hydrogens is 461 g/mol. The van der Waals surface area contributed by atoms with Gasteiger partial charge >= 0.3 is 0 Å². The highest BCUT2D eigenvalue weighted by Crippen LogP contribution is 2.36. The van der Waals surface area contributed by atoms with E-state index in [2.05, 4.69) is 15.1 Å². The van der Waals surface area contributed by atoms with E-state index in [9.17, 15) is 9.18 Å². The summed E-state index contributed by atoms with van der Waals surface area (Å²) in [6.45, 7) is 5.97. The highest BCUT2D eigenvalue weighted by atomic mass is 19.1. The number of amides is 1. The first-order chi connectivity index (χ1) is 17.6. The average molecular weight is 492 g/mol. The number of nitrogens with zero attached hydrogens (tertiary/aromatic N) is 2. The van der Waals surface area contributed by atoms with Crippen LogP contribution in [0, 0.1) is 5.82 Å². The first kappa shape index (κ1) is 23.9. The predicted molar refractivity (Wildman–Crippen MR) is 135 cm³/mol. The molecule has 3 aromatic rings. The number of piperazine rings is 1. The molecule has 1 saturated heterocycles. The number of nitrogens with one attached hydrogen (secondary N) is 1. The molecule has 3 aromatic carbocycles. The summed E-state index contributed by atoms with van der Waals surface area (Å²) in [5, 5.41) is 3.10. The maximum atomic E-state index is 14.3. The van der Waals surface area contributed by atoms with Gasteiger partial charge in [0.25, 0.3) is 5.91 Å². The lowest BCUT2D eigenvalue weighted by molar-refractivity contribution is 0.0930. The van der Waals surface area contributed by atoms with Crippen LogP contribution in [-0.4, -0.2) is 56.9 Å². The van der Waals surface area contributed by atoms with Crippen molar-refractivity contribution in [2.75, 3.05) is 51.0 Å². The van der Waals surface area contributed by atoms with E-state index in [0.29, 0.717) is 43.2 Å². The maximum Gasteiger partial charge on any atom is 0.251 e. The fraction of sp³-hybridized carbons (Fsp3) is 0.321. The standard InChI is InChI=1S/C28H30FN3O4/c1-2-34-22-10-7-20(8-11-22)28(33)30-18-25(21-9-12-26-27(17-21)36-19-35-26)32-15-13-31(14-16-32)24-6-4-3-5-23(24)29/h3-12,17,25H,2,13-16,18-19H2,1H3,(H,30,33)/t25-/m1/s1. The van der Waals surface area contributed by atoms with Gasteiger partial charge in [-0.05, 0) is 61.0 Å². The smallest absolute Gasteiger partial charge is 0.251 e. The monoisotopic (exact) mass is 491 g/mol. The topological polar surface area (TPSA) is 63.3 Å². The fourth-order valence-corrected chi connectivity index (χ4v) is 4.72. The Morgan fingerprint density at radius 2 is 1.75 bits per heavy atom. The molecule has 1 fully saturated rings. The lowest BCUT2D eigenvalue weighted by Crippen LogP contribution is -2.50. The molecule has 7 nitrogen and oxygen atoms in total. The second-order valence-electron chi connectivity index (χ2n) is 8.77. The molecule has 36 heavy (non-hydrogen) atoms. The SMILES string of the molecule is CCOc1ccc(C(=O)NC[C@H](c2ccc3c(c2)OCO3)N2CCN(c3ccccc3F)CC2)cc1. The van der Waals surface area contributed by atoms with Crippen molar-refractivity contribution in [3.05, 3.63) is 83.7 Å². The van der Waals surface area contributed by atoms with E-state index >= 15 is 0 Å². The van der Waals surface area contributed by atoms with Gasteiger partial charge in [0, 0.05) is 38.3 Å². The van der Waals surface area contributed by atoms with Crippen molar-refractivity contribution in [2.45, 2.75) is 13.0 Å². The number of hydrogen-bond donors (Lipinski definition) is 1. The third-order valence-corrected chi connectivity index (χ3v) is 6.61. The zero-order chi connectivity index (χ0) is 24.9. The van der Waals surface area contributed by atoms with Gasteiger partial charge in [-0.3, -0.25) is 9.69 Å². The number of ether oxygens (including phenoxy) is 3. The molecule has 0 bridgehead atoms. The van der Waals surface area contributed by atoms with Crippen molar-refractivity contribution in [3.8, 4) is 17.2 Å². The minimum atomic E-state index is -0.208. The Balaban J connectivity index is 1.30. The van der Waals surface area contributed by atoms with Crippen molar-refractivity contribution in [1.82, 2.24) is 10.2 Å². The number of carbonyl (C=O) groups is 1. The number of para-hydroxylation sites is 1. The van der Waals surface area contributed by atoms with E-state index in [0.717, 1.165) is 30.2 Å². The third kappa shape index (κ3) is 5.23. The summed E-state index contributed by atoms with van der Waals surface area (Å²) < 4.78 is 30.9. The molecule has 5 rings (SSSR count). The molecule has 0 saturated carbocycles. The van der Waals surface area contributed by atoms with Gasteiger partial charge < -0.3 is 24.4 Å². The quantitative estimate of drug-likeness (QED) is 0.509. The van der Waals surface area contributed by atoms with Crippen molar-refractivity contribution in [3.63, 3.8) is 0 Å². The molecule has 8 heteroatoms. The minimum Gasteiger partial charge on any atom is -0.494 e. The number of halogens is 1. The highest BCUT2D eigenvalue weighted by molar-refractivity contribution is 5.94. The highest BCUT2D eigenvalue weighted by Gasteiger charge is 2.28. The summed E-state index contributed by atoms with van der Waals surface area (Å²) in [5.74, 6) is 1.82. The van der Waals surface area contributed by atoms with Crippen molar-refractivity contribution >= 4 is 11.6 Å². The van der Waals surface area contributed by atoms with Crippen LogP contribution in [0.1, 0.15) is 28.9 Å². The van der Waals surface area contributed by atoms with Crippen LogP contribution in [0.5, 0.6) is 17.2 Å². The van der Waals surface area contributed by atoms with Gasteiger partial charge in [-0.15, -0.1) is 0 Å². The number of fused-ring (bicyclic) bond motifs is 1. The van der Waals surface area contributed by atoms with Crippen LogP contribution >= 0.6 is 0 Å². The summed E-state index contributed by atoms with van der Waals surface area (Å²) in [5.41, 5.74) is 2.23. The summed E-state index contributed by atoms with van der Waals surface area (Å²) in [6, 6.07) is 19.9. The van der Waals surface area contributed by atoms with Gasteiger partial charge in [0.15, 0.2) is 11.5 Å². The zero-order valence-corrected chi connectivity index (χ0v) is 20.3. The summed E-state index contributed by atoms with van der Waals surface area (Å²) >= 11 is 0. The van der Waals surface area contributed by atoms with Crippen LogP contribution in [0.15, 0.2) is 66.7 Å². The Kier molecular flexibility index (Phi) is 7.23. The van der Waals surface area contributed by atoms with Crippen LogP contribution in [0.25, 0.3) is 0 Å². The van der Waals surface area contributed by atoms with Gasteiger partial charge in [-0.25, -0.2) is 4.39 Å². The second-order valence-corrected chi connectivity index (χ2v) is 8.77. The van der Waals surface area contributed by atoms with Crippen LogP contribution in [0.3, 0.4) is 0 Å². The van der Waals surface area contributed by atoms with Crippen molar-refractivity contribution < 1.29 is 23.4 Å². The maximum absolute atomic E-state index is 14.3. The summed E-state index contributed by atoms with van der Waals surface area (Å²) in [4.78, 5) is 17.3. The Labute approximate surface area is 210 Å². The van der Waals surface area contributed by atoms with Gasteiger partial charge in [0.2, 0.25) is 6.79 Å². The van der Waals surface area contributed by atoms with E-state index in [1.165, 1.54) is 6.07 Å². The molecule has 0 unspecified atom stereocenters. The third-order valence-electron chi connectivity index (χ3n) is 6.61. The normalized spacial score (nSPS) is 16.0. The lowest BCUT2D eigenvalue weighted by atomic mass is 10.0. The molecule has 1 amide bonds. The van der Waals surface area contributed by atoms with Crippen LogP contribution in [-0.2, 0) is 0 Å². The fourth-order valence-electron chi connectivity index (χ4n) is 4.72. The average Bonchev–Trinajstić information content (AvgIpc) is 3.38. The van der Waals surface area contributed by atoms with E-state index < -0.39 is 0 Å². The molecular formula is C28H30FN3O4. The van der Waals surface area contributed by atoms with Gasteiger partial charge in [0.1, 0.15) is 11.6 Å². The largest absolute Gasteiger partial charge is 0.494 e. The van der Waals surface area contributed by atoms with Gasteiger partial charge in [0.05, 0.1) is 18.3 Å². The molecule has 0 spiro atoms. The van der Waals surface area contributed by atoms with E-state index in [1.807, 2.05) is 37.3 Å². The Hall–Kier alpha value is -3.78. The van der Waals surface area contributed by atoms with Gasteiger partial charge in [-0.1, -0.05) is 18.2 Å². The minimum absolute atomic E-state index is 0.0751. The van der Waals surface area contributed by atoms with Crippen LogP contribution < -0.4 is 24.4 Å². The number of benzene rings is 3. The summed E-state index contributed by atoms with van der Waals surface area (Å²) in [7, 11) is 0. The molecule has 2 heterocycles. The molecule has 2 aliphatic rings. The van der Waals surface area contributed by atoms with Crippen LogP contribution in [0.2, 0.25) is 0 Å². The number of rotatable bonds is 8. The molecule has 2 aliphatic heterocycles.